The minimum absolute atomic E-state index is 0.0319. The number of aromatic nitrogens is 1. The number of nitrogens with zero attached hydrogens (tertiary/aromatic N) is 2. The van der Waals surface area contributed by atoms with Crippen LogP contribution in [0.1, 0.15) is 64.2 Å². The molecule has 2 heterocycles. The normalized spacial score (nSPS) is 20.3. The van der Waals surface area contributed by atoms with Crippen LogP contribution in [-0.4, -0.2) is 47.1 Å². The topological polar surface area (TPSA) is 79.7 Å². The summed E-state index contributed by atoms with van der Waals surface area (Å²) in [7, 11) is 1.65. The number of aromatic carboxylic acids is 1. The Morgan fingerprint density at radius 2 is 1.76 bits per heavy atom. The van der Waals surface area contributed by atoms with Gasteiger partial charge in [0.15, 0.2) is 0 Å². The van der Waals surface area contributed by atoms with E-state index >= 15 is 0 Å². The third kappa shape index (κ3) is 4.78. The van der Waals surface area contributed by atoms with Crippen molar-refractivity contribution in [2.24, 2.45) is 10.8 Å². The van der Waals surface area contributed by atoms with Crippen molar-refractivity contribution in [3.05, 3.63) is 99.0 Å². The molecule has 1 aliphatic carbocycles. The molecule has 6 nitrogen and oxygen atoms in total. The lowest BCUT2D eigenvalue weighted by atomic mass is 9.58. The van der Waals surface area contributed by atoms with Gasteiger partial charge in [-0.15, -0.1) is 11.3 Å². The Morgan fingerprint density at radius 1 is 1.05 bits per heavy atom. The first-order valence-corrected chi connectivity index (χ1v) is 13.6. The lowest BCUT2D eigenvalue weighted by molar-refractivity contribution is 0.0674. The van der Waals surface area contributed by atoms with Crippen LogP contribution >= 0.6 is 11.3 Å². The van der Waals surface area contributed by atoms with Crippen LogP contribution < -0.4 is 4.74 Å². The van der Waals surface area contributed by atoms with Gasteiger partial charge in [-0.3, -0.25) is 4.79 Å². The van der Waals surface area contributed by atoms with Crippen LogP contribution in [0.25, 0.3) is 5.57 Å². The van der Waals surface area contributed by atoms with Gasteiger partial charge < -0.3 is 14.7 Å². The molecule has 5 rings (SSSR count). The number of ether oxygens (including phenoxy) is 1. The average Bonchev–Trinajstić information content (AvgIpc) is 3.36. The number of fused-ring (bicyclic) bond motifs is 1. The number of amides is 1. The molecule has 0 unspecified atom stereocenters. The number of thiazole rings is 1. The highest BCUT2D eigenvalue weighted by atomic mass is 32.1. The number of benzene rings is 2. The second-order valence-corrected chi connectivity index (χ2v) is 11.8. The number of rotatable bonds is 6. The molecular formula is C31H32N2O4S. The molecule has 0 spiro atoms. The van der Waals surface area contributed by atoms with E-state index in [1.165, 1.54) is 22.5 Å². The second-order valence-electron chi connectivity index (χ2n) is 10.8. The maximum Gasteiger partial charge on any atom is 0.335 e. The highest BCUT2D eigenvalue weighted by Gasteiger charge is 2.46. The third-order valence-corrected chi connectivity index (χ3v) is 8.67. The Kier molecular flexibility index (Phi) is 6.73. The van der Waals surface area contributed by atoms with Crippen molar-refractivity contribution >= 4 is 28.8 Å². The number of carboxylic acid groups (broad SMARTS) is 1. The predicted octanol–water partition coefficient (Wildman–Crippen LogP) is 6.34. The molecule has 0 saturated heterocycles. The van der Waals surface area contributed by atoms with E-state index in [0.717, 1.165) is 28.3 Å². The van der Waals surface area contributed by atoms with Gasteiger partial charge >= 0.3 is 5.97 Å². The molecule has 2 aromatic carbocycles. The lowest BCUT2D eigenvalue weighted by Crippen LogP contribution is -2.48. The second kappa shape index (κ2) is 9.87. The highest BCUT2D eigenvalue weighted by molar-refractivity contribution is 7.09. The van der Waals surface area contributed by atoms with Crippen molar-refractivity contribution in [1.82, 2.24) is 9.88 Å². The fraction of sp³-hybridized carbons (Fsp3) is 0.323. The number of methoxy groups -OCH3 is 1. The van der Waals surface area contributed by atoms with Gasteiger partial charge in [0.05, 0.1) is 17.7 Å². The van der Waals surface area contributed by atoms with Crippen molar-refractivity contribution in [2.75, 3.05) is 20.2 Å². The van der Waals surface area contributed by atoms with Crippen LogP contribution in [0.3, 0.4) is 0 Å². The third-order valence-electron chi connectivity index (χ3n) is 7.82. The maximum absolute atomic E-state index is 13.5. The minimum Gasteiger partial charge on any atom is -0.497 e. The molecule has 1 N–H and O–H groups in total. The molecule has 3 aromatic rings. The van der Waals surface area contributed by atoms with Crippen molar-refractivity contribution in [3.8, 4) is 5.75 Å². The Labute approximate surface area is 227 Å². The summed E-state index contributed by atoms with van der Waals surface area (Å²) in [6.45, 7) is 7.85. The van der Waals surface area contributed by atoms with Crippen molar-refractivity contribution in [1.29, 1.82) is 0 Å². The number of carboxylic acids is 1. The summed E-state index contributed by atoms with van der Waals surface area (Å²) in [4.78, 5) is 31.3. The van der Waals surface area contributed by atoms with Gasteiger partial charge in [-0.1, -0.05) is 62.8 Å². The molecule has 0 bridgehead atoms. The zero-order valence-corrected chi connectivity index (χ0v) is 23.0. The van der Waals surface area contributed by atoms with E-state index in [4.69, 9.17) is 4.74 Å². The van der Waals surface area contributed by atoms with E-state index in [2.05, 4.69) is 37.9 Å². The molecule has 1 aliphatic heterocycles. The number of allylic oxidation sites excluding steroid dienone is 2. The van der Waals surface area contributed by atoms with E-state index in [-0.39, 0.29) is 22.3 Å². The molecule has 0 fully saturated rings. The zero-order chi connectivity index (χ0) is 27.1. The number of carbonyl (C=O) groups is 2. The van der Waals surface area contributed by atoms with E-state index < -0.39 is 5.97 Å². The summed E-state index contributed by atoms with van der Waals surface area (Å²) < 4.78 is 5.23. The molecule has 196 valence electrons. The standard InChI is InChI=1S/C31H32N2O4S/c1-30(2)24(21-7-9-22(10-8-21)29(35)36)13-15-31(3)19-33(16-14-26(30)31)28(34)25-18-38-27(32-25)17-20-5-11-23(37-4)12-6-20/h5-14,18H,15-17,19H2,1-4H3,(H,35,36)/t31-/m1/s1. The molecule has 38 heavy (non-hydrogen) atoms. The first kappa shape index (κ1) is 25.9. The Bertz CT molecular complexity index is 1430. The molecule has 2 aliphatic rings. The molecule has 7 heteroatoms. The molecular weight excluding hydrogens is 496 g/mol. The average molecular weight is 529 g/mol. The Hall–Kier alpha value is -3.71. The first-order chi connectivity index (χ1) is 18.1. The number of hydrogen-bond acceptors (Lipinski definition) is 5. The summed E-state index contributed by atoms with van der Waals surface area (Å²) in [6, 6.07) is 15.0. The van der Waals surface area contributed by atoms with Crippen LogP contribution in [0.15, 0.2) is 71.6 Å². The summed E-state index contributed by atoms with van der Waals surface area (Å²) in [5.41, 5.74) is 5.06. The van der Waals surface area contributed by atoms with Crippen LogP contribution in [0.5, 0.6) is 5.75 Å². The minimum atomic E-state index is -0.922. The fourth-order valence-corrected chi connectivity index (χ4v) is 6.73. The monoisotopic (exact) mass is 528 g/mol. The molecule has 1 amide bonds. The highest BCUT2D eigenvalue weighted by Crippen LogP contribution is 2.55. The predicted molar refractivity (Wildman–Crippen MR) is 150 cm³/mol. The number of hydrogen-bond donors (Lipinski definition) is 1. The van der Waals surface area contributed by atoms with Crippen LogP contribution in [0, 0.1) is 10.8 Å². The van der Waals surface area contributed by atoms with Crippen LogP contribution in [-0.2, 0) is 6.42 Å². The molecule has 0 saturated carbocycles. The summed E-state index contributed by atoms with van der Waals surface area (Å²) in [5, 5.41) is 12.0. The summed E-state index contributed by atoms with van der Waals surface area (Å²) in [5.74, 6) is -0.136. The van der Waals surface area contributed by atoms with E-state index in [1.54, 1.807) is 19.2 Å². The first-order valence-electron chi connectivity index (χ1n) is 12.7. The fourth-order valence-electron chi connectivity index (χ4n) is 5.93. The zero-order valence-electron chi connectivity index (χ0n) is 22.2. The van der Waals surface area contributed by atoms with E-state index in [0.29, 0.717) is 25.2 Å². The van der Waals surface area contributed by atoms with E-state index in [9.17, 15) is 14.7 Å². The van der Waals surface area contributed by atoms with Crippen LogP contribution in [0.4, 0.5) is 0 Å². The molecule has 0 radical (unpaired) electrons. The van der Waals surface area contributed by atoms with Gasteiger partial charge in [0, 0.05) is 35.7 Å². The lowest BCUT2D eigenvalue weighted by Gasteiger charge is -2.50. The molecule has 1 aromatic heterocycles. The van der Waals surface area contributed by atoms with Crippen LogP contribution in [0.2, 0.25) is 0 Å². The van der Waals surface area contributed by atoms with Gasteiger partial charge in [0.25, 0.3) is 5.91 Å². The summed E-state index contributed by atoms with van der Waals surface area (Å²) >= 11 is 1.52. The van der Waals surface area contributed by atoms with E-state index in [1.807, 2.05) is 46.7 Å². The number of carbonyl (C=O) groups excluding carboxylic acids is 1. The smallest absolute Gasteiger partial charge is 0.335 e. The molecule has 1 atom stereocenters. The van der Waals surface area contributed by atoms with Gasteiger partial charge in [0.2, 0.25) is 0 Å². The summed E-state index contributed by atoms with van der Waals surface area (Å²) in [6.07, 6.45) is 5.96. The SMILES string of the molecule is COc1ccc(Cc2nc(C(=O)N3CC=C4C(C)(C)C(c5ccc(C(=O)O)cc5)=CC[C@]4(C)C3)cs2)cc1. The van der Waals surface area contributed by atoms with Crippen molar-refractivity contribution in [3.63, 3.8) is 0 Å². The largest absolute Gasteiger partial charge is 0.497 e. The van der Waals surface area contributed by atoms with Gasteiger partial charge in [-0.05, 0) is 47.4 Å². The van der Waals surface area contributed by atoms with Crippen molar-refractivity contribution < 1.29 is 19.4 Å². The Morgan fingerprint density at radius 3 is 2.42 bits per heavy atom. The van der Waals surface area contributed by atoms with Crippen molar-refractivity contribution in [2.45, 2.75) is 33.6 Å². The Balaban J connectivity index is 1.32. The maximum atomic E-state index is 13.5. The quantitative estimate of drug-likeness (QED) is 0.378. The van der Waals surface area contributed by atoms with Gasteiger partial charge in [-0.25, -0.2) is 9.78 Å². The van der Waals surface area contributed by atoms with Gasteiger partial charge in [-0.2, -0.15) is 0 Å². The van der Waals surface area contributed by atoms with Gasteiger partial charge in [0.1, 0.15) is 11.4 Å².